The van der Waals surface area contributed by atoms with E-state index in [9.17, 15) is 14.9 Å². The van der Waals surface area contributed by atoms with Crippen LogP contribution in [0.3, 0.4) is 0 Å². The van der Waals surface area contributed by atoms with Crippen LogP contribution in [0, 0.1) is 10.1 Å². The number of nitro benzene ring substituents is 1. The monoisotopic (exact) mass is 384 g/mol. The van der Waals surface area contributed by atoms with Gasteiger partial charge in [0, 0.05) is 25.0 Å². The van der Waals surface area contributed by atoms with Gasteiger partial charge in [0.15, 0.2) is 12.5 Å². The van der Waals surface area contributed by atoms with Crippen LogP contribution in [0.15, 0.2) is 48.8 Å². The predicted octanol–water partition coefficient (Wildman–Crippen LogP) is 2.54. The molecule has 28 heavy (non-hydrogen) atoms. The van der Waals surface area contributed by atoms with Gasteiger partial charge in [-0.3, -0.25) is 19.6 Å². The number of para-hydroxylation sites is 2. The minimum Gasteiger partial charge on any atom is -0.464 e. The molecule has 0 fully saturated rings. The molecular weight excluding hydrogens is 364 g/mol. The molecule has 0 radical (unpaired) electrons. The summed E-state index contributed by atoms with van der Waals surface area (Å²) in [6.45, 7) is 4.52. The summed E-state index contributed by atoms with van der Waals surface area (Å²) in [5.41, 5.74) is 0.843. The number of nitrogens with zero attached hydrogens (tertiary/aromatic N) is 5. The third-order valence-corrected chi connectivity index (χ3v) is 4.06. The van der Waals surface area contributed by atoms with Gasteiger partial charge in [0.2, 0.25) is 0 Å². The van der Waals surface area contributed by atoms with E-state index in [2.05, 4.69) is 15.5 Å². The molecule has 1 amide bonds. The number of amides is 1. The second-order valence-electron chi connectivity index (χ2n) is 6.03. The van der Waals surface area contributed by atoms with Crippen molar-refractivity contribution in [1.82, 2.24) is 24.9 Å². The third-order valence-electron chi connectivity index (χ3n) is 4.06. The molecule has 3 rings (SSSR count). The summed E-state index contributed by atoms with van der Waals surface area (Å²) in [5.74, 6) is -0.211. The zero-order valence-corrected chi connectivity index (χ0v) is 15.5. The largest absolute Gasteiger partial charge is 0.464 e. The van der Waals surface area contributed by atoms with Gasteiger partial charge in [-0.25, -0.2) is 4.68 Å². The van der Waals surface area contributed by atoms with Crippen LogP contribution in [-0.2, 0) is 13.3 Å². The van der Waals surface area contributed by atoms with Crippen molar-refractivity contribution in [3.63, 3.8) is 0 Å². The lowest BCUT2D eigenvalue weighted by molar-refractivity contribution is -0.386. The molecule has 146 valence electrons. The van der Waals surface area contributed by atoms with E-state index >= 15 is 0 Å². The van der Waals surface area contributed by atoms with E-state index < -0.39 is 4.92 Å². The number of nitro groups is 1. The Hall–Kier alpha value is -3.69. The fourth-order valence-electron chi connectivity index (χ4n) is 2.55. The summed E-state index contributed by atoms with van der Waals surface area (Å²) in [6.07, 6.45) is 3.42. The van der Waals surface area contributed by atoms with Crippen molar-refractivity contribution >= 4 is 11.6 Å². The highest BCUT2D eigenvalue weighted by molar-refractivity contribution is 5.92. The van der Waals surface area contributed by atoms with Crippen LogP contribution in [0.1, 0.15) is 36.1 Å². The lowest BCUT2D eigenvalue weighted by Gasteiger charge is -2.10. The van der Waals surface area contributed by atoms with E-state index in [0.717, 1.165) is 12.2 Å². The quantitative estimate of drug-likeness (QED) is 0.471. The van der Waals surface area contributed by atoms with E-state index in [4.69, 9.17) is 4.74 Å². The average Bonchev–Trinajstić information content (AvgIpc) is 3.36. The number of nitrogens with one attached hydrogen (secondary N) is 1. The Morgan fingerprint density at radius 3 is 2.68 bits per heavy atom. The Kier molecular flexibility index (Phi) is 5.68. The SMILES string of the molecule is CCn1ccc(C(C)NC(=O)c2ccn(COc3ccccc3[N+](=O)[O-])n2)n1. The molecule has 1 atom stereocenters. The lowest BCUT2D eigenvalue weighted by Crippen LogP contribution is -2.27. The van der Waals surface area contributed by atoms with Crippen LogP contribution in [0.2, 0.25) is 0 Å². The smallest absolute Gasteiger partial charge is 0.311 e. The number of aryl methyl sites for hydroxylation is 1. The van der Waals surface area contributed by atoms with E-state index in [-0.39, 0.29) is 35.8 Å². The van der Waals surface area contributed by atoms with Gasteiger partial charge in [-0.05, 0) is 32.0 Å². The van der Waals surface area contributed by atoms with Crippen molar-refractivity contribution < 1.29 is 14.5 Å². The number of carbonyl (C=O) groups is 1. The summed E-state index contributed by atoms with van der Waals surface area (Å²) >= 11 is 0. The van der Waals surface area contributed by atoms with Crippen molar-refractivity contribution in [2.75, 3.05) is 0 Å². The number of benzene rings is 1. The Morgan fingerprint density at radius 1 is 1.21 bits per heavy atom. The van der Waals surface area contributed by atoms with E-state index in [1.54, 1.807) is 29.1 Å². The second-order valence-corrected chi connectivity index (χ2v) is 6.03. The van der Waals surface area contributed by atoms with E-state index in [1.807, 2.05) is 26.1 Å². The van der Waals surface area contributed by atoms with Crippen molar-refractivity contribution in [3.05, 3.63) is 70.3 Å². The summed E-state index contributed by atoms with van der Waals surface area (Å²) in [4.78, 5) is 22.9. The number of hydrogen-bond acceptors (Lipinski definition) is 6. The molecule has 1 aromatic carbocycles. The molecule has 0 saturated carbocycles. The Balaban J connectivity index is 1.60. The number of hydrogen-bond donors (Lipinski definition) is 1. The number of carbonyl (C=O) groups excluding carboxylic acids is 1. The Bertz CT molecular complexity index is 980. The van der Waals surface area contributed by atoms with Crippen LogP contribution in [0.4, 0.5) is 5.69 Å². The third kappa shape index (κ3) is 4.34. The number of rotatable bonds is 8. The molecule has 2 heterocycles. The topological polar surface area (TPSA) is 117 Å². The summed E-state index contributed by atoms with van der Waals surface area (Å²) in [6, 6.07) is 9.21. The van der Waals surface area contributed by atoms with Gasteiger partial charge < -0.3 is 10.1 Å². The first kappa shape index (κ1) is 19.1. The van der Waals surface area contributed by atoms with Crippen LogP contribution < -0.4 is 10.1 Å². The van der Waals surface area contributed by atoms with Crippen molar-refractivity contribution in [3.8, 4) is 5.75 Å². The molecule has 2 aromatic heterocycles. The standard InChI is InChI=1S/C18H20N6O4/c1-3-22-10-8-14(20-22)13(2)19-18(25)15-9-11-23(21-15)12-28-17-7-5-4-6-16(17)24(26)27/h4-11,13H,3,12H2,1-2H3,(H,19,25). The molecule has 10 nitrogen and oxygen atoms in total. The fourth-order valence-corrected chi connectivity index (χ4v) is 2.55. The van der Waals surface area contributed by atoms with Gasteiger partial charge in [-0.15, -0.1) is 0 Å². The van der Waals surface area contributed by atoms with Gasteiger partial charge in [-0.2, -0.15) is 10.2 Å². The maximum Gasteiger partial charge on any atom is 0.311 e. The van der Waals surface area contributed by atoms with E-state index in [0.29, 0.717) is 0 Å². The Labute approximate surface area is 160 Å². The molecule has 0 aliphatic carbocycles. The minimum atomic E-state index is -0.515. The first-order valence-corrected chi connectivity index (χ1v) is 8.71. The van der Waals surface area contributed by atoms with Gasteiger partial charge in [0.25, 0.3) is 5.91 Å². The van der Waals surface area contributed by atoms with Gasteiger partial charge in [0.05, 0.1) is 16.7 Å². The highest BCUT2D eigenvalue weighted by Gasteiger charge is 2.17. The van der Waals surface area contributed by atoms with Crippen LogP contribution in [0.5, 0.6) is 5.75 Å². The zero-order valence-electron chi connectivity index (χ0n) is 15.5. The molecule has 3 aromatic rings. The van der Waals surface area contributed by atoms with Gasteiger partial charge in [0.1, 0.15) is 5.69 Å². The molecule has 0 saturated heterocycles. The highest BCUT2D eigenvalue weighted by atomic mass is 16.6. The molecule has 0 spiro atoms. The molecule has 0 bridgehead atoms. The van der Waals surface area contributed by atoms with Crippen molar-refractivity contribution in [2.24, 2.45) is 0 Å². The second kappa shape index (κ2) is 8.33. The molecule has 1 unspecified atom stereocenters. The molecule has 1 N–H and O–H groups in total. The van der Waals surface area contributed by atoms with Crippen LogP contribution in [0.25, 0.3) is 0 Å². The average molecular weight is 384 g/mol. The summed E-state index contributed by atoms with van der Waals surface area (Å²) < 4.78 is 8.63. The predicted molar refractivity (Wildman–Crippen MR) is 99.7 cm³/mol. The van der Waals surface area contributed by atoms with Crippen LogP contribution >= 0.6 is 0 Å². The van der Waals surface area contributed by atoms with E-state index in [1.165, 1.54) is 16.8 Å². The first-order chi connectivity index (χ1) is 13.5. The molecular formula is C18H20N6O4. The highest BCUT2D eigenvalue weighted by Crippen LogP contribution is 2.25. The maximum absolute atomic E-state index is 12.4. The molecule has 0 aliphatic rings. The fraction of sp³-hybridized carbons (Fsp3) is 0.278. The first-order valence-electron chi connectivity index (χ1n) is 8.71. The Morgan fingerprint density at radius 2 is 1.96 bits per heavy atom. The number of aromatic nitrogens is 4. The van der Waals surface area contributed by atoms with Crippen molar-refractivity contribution in [2.45, 2.75) is 33.2 Å². The summed E-state index contributed by atoms with van der Waals surface area (Å²) in [5, 5.41) is 22.4. The zero-order chi connectivity index (χ0) is 20.1. The molecule has 10 heteroatoms. The lowest BCUT2D eigenvalue weighted by atomic mass is 10.2. The van der Waals surface area contributed by atoms with Crippen LogP contribution in [-0.4, -0.2) is 30.4 Å². The van der Waals surface area contributed by atoms with Gasteiger partial charge >= 0.3 is 5.69 Å². The minimum absolute atomic E-state index is 0.0609. The molecule has 0 aliphatic heterocycles. The maximum atomic E-state index is 12.4. The normalized spacial score (nSPS) is 11.8. The summed E-state index contributed by atoms with van der Waals surface area (Å²) in [7, 11) is 0. The van der Waals surface area contributed by atoms with Gasteiger partial charge in [-0.1, -0.05) is 12.1 Å². The number of ether oxygens (including phenoxy) is 1. The van der Waals surface area contributed by atoms with Crippen molar-refractivity contribution in [1.29, 1.82) is 0 Å².